The van der Waals surface area contributed by atoms with Crippen molar-refractivity contribution < 1.29 is 13.9 Å². The first kappa shape index (κ1) is 10.3. The van der Waals surface area contributed by atoms with Crippen LogP contribution < -0.4 is 9.47 Å². The van der Waals surface area contributed by atoms with Crippen LogP contribution in [0.3, 0.4) is 0 Å². The molecule has 2 rings (SSSR count). The molecule has 0 radical (unpaired) electrons. The van der Waals surface area contributed by atoms with E-state index in [4.69, 9.17) is 9.47 Å². The van der Waals surface area contributed by atoms with Crippen LogP contribution in [0.1, 0.15) is 25.7 Å². The third-order valence-corrected chi connectivity index (χ3v) is 2.74. The fraction of sp³-hybridized carbons (Fsp3) is 0.500. The minimum Gasteiger partial charge on any atom is -0.493 e. The number of methoxy groups -OCH3 is 1. The first-order valence-electron chi connectivity index (χ1n) is 5.30. The van der Waals surface area contributed by atoms with Crippen molar-refractivity contribution in [3.63, 3.8) is 0 Å². The number of hydrogen-bond acceptors (Lipinski definition) is 2. The SMILES string of the molecule is COc1cccc(F)c1OC1CCCC1. The van der Waals surface area contributed by atoms with Crippen LogP contribution in [0.25, 0.3) is 0 Å². The van der Waals surface area contributed by atoms with E-state index in [0.29, 0.717) is 5.75 Å². The van der Waals surface area contributed by atoms with Crippen molar-refractivity contribution in [3.8, 4) is 11.5 Å². The fourth-order valence-corrected chi connectivity index (χ4v) is 1.94. The summed E-state index contributed by atoms with van der Waals surface area (Å²) in [4.78, 5) is 0. The molecule has 0 bridgehead atoms. The molecule has 82 valence electrons. The molecule has 15 heavy (non-hydrogen) atoms. The first-order valence-corrected chi connectivity index (χ1v) is 5.30. The maximum atomic E-state index is 13.5. The van der Waals surface area contributed by atoms with Gasteiger partial charge in [0.2, 0.25) is 0 Å². The predicted molar refractivity (Wildman–Crippen MR) is 55.8 cm³/mol. The number of hydrogen-bond donors (Lipinski definition) is 0. The summed E-state index contributed by atoms with van der Waals surface area (Å²) in [5.74, 6) is 0.384. The Morgan fingerprint density at radius 3 is 2.67 bits per heavy atom. The van der Waals surface area contributed by atoms with Crippen molar-refractivity contribution in [1.29, 1.82) is 0 Å². The summed E-state index contributed by atoms with van der Waals surface area (Å²) >= 11 is 0. The number of halogens is 1. The summed E-state index contributed by atoms with van der Waals surface area (Å²) in [7, 11) is 1.52. The van der Waals surface area contributed by atoms with Gasteiger partial charge in [-0.25, -0.2) is 4.39 Å². The Morgan fingerprint density at radius 2 is 2.00 bits per heavy atom. The monoisotopic (exact) mass is 210 g/mol. The van der Waals surface area contributed by atoms with Crippen LogP contribution in [-0.4, -0.2) is 13.2 Å². The second-order valence-corrected chi connectivity index (χ2v) is 3.80. The van der Waals surface area contributed by atoms with E-state index in [-0.39, 0.29) is 17.7 Å². The van der Waals surface area contributed by atoms with Crippen LogP contribution >= 0.6 is 0 Å². The molecule has 0 atom stereocenters. The lowest BCUT2D eigenvalue weighted by Crippen LogP contribution is -2.12. The van der Waals surface area contributed by atoms with E-state index >= 15 is 0 Å². The molecule has 0 unspecified atom stereocenters. The molecule has 1 fully saturated rings. The zero-order chi connectivity index (χ0) is 10.7. The van der Waals surface area contributed by atoms with Gasteiger partial charge < -0.3 is 9.47 Å². The van der Waals surface area contributed by atoms with Crippen LogP contribution in [0, 0.1) is 5.82 Å². The number of rotatable bonds is 3. The topological polar surface area (TPSA) is 18.5 Å². The molecule has 3 heteroatoms. The normalized spacial score (nSPS) is 16.7. The van der Waals surface area contributed by atoms with Crippen molar-refractivity contribution in [1.82, 2.24) is 0 Å². The Kier molecular flexibility index (Phi) is 3.09. The standard InChI is InChI=1S/C12H15FO2/c1-14-11-8-4-7-10(13)12(11)15-9-5-2-3-6-9/h4,7-9H,2-3,5-6H2,1H3. The average Bonchev–Trinajstić information content (AvgIpc) is 2.74. The predicted octanol–water partition coefficient (Wildman–Crippen LogP) is 3.16. The van der Waals surface area contributed by atoms with Crippen LogP contribution in [0.4, 0.5) is 4.39 Å². The lowest BCUT2D eigenvalue weighted by Gasteiger charge is -2.16. The third kappa shape index (κ3) is 2.22. The Bertz CT molecular complexity index is 332. The van der Waals surface area contributed by atoms with Gasteiger partial charge in [0.05, 0.1) is 13.2 Å². The molecule has 0 aromatic heterocycles. The van der Waals surface area contributed by atoms with Crippen molar-refractivity contribution in [3.05, 3.63) is 24.0 Å². The number of ether oxygens (including phenoxy) is 2. The maximum Gasteiger partial charge on any atom is 0.197 e. The van der Waals surface area contributed by atoms with E-state index in [2.05, 4.69) is 0 Å². The Labute approximate surface area is 89.0 Å². The van der Waals surface area contributed by atoms with Crippen molar-refractivity contribution >= 4 is 0 Å². The third-order valence-electron chi connectivity index (χ3n) is 2.74. The van der Waals surface area contributed by atoms with E-state index in [0.717, 1.165) is 12.8 Å². The van der Waals surface area contributed by atoms with Gasteiger partial charge in [-0.1, -0.05) is 6.07 Å². The van der Waals surface area contributed by atoms with Crippen molar-refractivity contribution in [2.24, 2.45) is 0 Å². The van der Waals surface area contributed by atoms with Crippen LogP contribution in [0.5, 0.6) is 11.5 Å². The van der Waals surface area contributed by atoms with E-state index in [1.165, 1.54) is 26.0 Å². The molecule has 1 aliphatic rings. The molecule has 1 aliphatic carbocycles. The Hall–Kier alpha value is -1.25. The van der Waals surface area contributed by atoms with E-state index in [9.17, 15) is 4.39 Å². The summed E-state index contributed by atoms with van der Waals surface area (Å²) in [5, 5.41) is 0. The molecule has 1 saturated carbocycles. The zero-order valence-electron chi connectivity index (χ0n) is 8.83. The second-order valence-electron chi connectivity index (χ2n) is 3.80. The van der Waals surface area contributed by atoms with E-state index < -0.39 is 0 Å². The number of benzene rings is 1. The highest BCUT2D eigenvalue weighted by Crippen LogP contribution is 2.33. The van der Waals surface area contributed by atoms with Gasteiger partial charge in [0.15, 0.2) is 17.3 Å². The minimum absolute atomic E-state index is 0.149. The molecule has 0 saturated heterocycles. The highest BCUT2D eigenvalue weighted by molar-refractivity contribution is 5.41. The zero-order valence-corrected chi connectivity index (χ0v) is 8.83. The largest absolute Gasteiger partial charge is 0.493 e. The summed E-state index contributed by atoms with van der Waals surface area (Å²) in [6, 6.07) is 4.73. The minimum atomic E-state index is -0.346. The fourth-order valence-electron chi connectivity index (χ4n) is 1.94. The van der Waals surface area contributed by atoms with Gasteiger partial charge in [0.1, 0.15) is 0 Å². The summed E-state index contributed by atoms with van der Waals surface area (Å²) in [6.07, 6.45) is 4.51. The van der Waals surface area contributed by atoms with Gasteiger partial charge in [-0.05, 0) is 37.8 Å². The van der Waals surface area contributed by atoms with Gasteiger partial charge in [-0.3, -0.25) is 0 Å². The first-order chi connectivity index (χ1) is 7.31. The van der Waals surface area contributed by atoms with Gasteiger partial charge >= 0.3 is 0 Å². The van der Waals surface area contributed by atoms with E-state index in [1.807, 2.05) is 0 Å². The molecule has 0 aliphatic heterocycles. The molecule has 0 spiro atoms. The molecule has 0 heterocycles. The second kappa shape index (κ2) is 4.51. The van der Waals surface area contributed by atoms with E-state index in [1.54, 1.807) is 12.1 Å². The lowest BCUT2D eigenvalue weighted by molar-refractivity contribution is 0.191. The maximum absolute atomic E-state index is 13.5. The highest BCUT2D eigenvalue weighted by atomic mass is 19.1. The Balaban J connectivity index is 2.17. The smallest absolute Gasteiger partial charge is 0.197 e. The molecular weight excluding hydrogens is 195 g/mol. The quantitative estimate of drug-likeness (QED) is 0.763. The average molecular weight is 210 g/mol. The molecule has 0 N–H and O–H groups in total. The molecule has 1 aromatic carbocycles. The summed E-state index contributed by atoms with van der Waals surface area (Å²) < 4.78 is 24.2. The van der Waals surface area contributed by atoms with Crippen molar-refractivity contribution in [2.45, 2.75) is 31.8 Å². The van der Waals surface area contributed by atoms with Gasteiger partial charge in [0.25, 0.3) is 0 Å². The Morgan fingerprint density at radius 1 is 1.27 bits per heavy atom. The number of para-hydroxylation sites is 1. The molecule has 2 nitrogen and oxygen atoms in total. The summed E-state index contributed by atoms with van der Waals surface area (Å²) in [6.45, 7) is 0. The molecule has 0 amide bonds. The van der Waals surface area contributed by atoms with Gasteiger partial charge in [-0.15, -0.1) is 0 Å². The van der Waals surface area contributed by atoms with Gasteiger partial charge in [-0.2, -0.15) is 0 Å². The molecule has 1 aromatic rings. The van der Waals surface area contributed by atoms with Crippen LogP contribution in [0.15, 0.2) is 18.2 Å². The van der Waals surface area contributed by atoms with Crippen LogP contribution in [-0.2, 0) is 0 Å². The van der Waals surface area contributed by atoms with Crippen LogP contribution in [0.2, 0.25) is 0 Å². The van der Waals surface area contributed by atoms with Crippen molar-refractivity contribution in [2.75, 3.05) is 7.11 Å². The molecular formula is C12H15FO2. The van der Waals surface area contributed by atoms with Gasteiger partial charge in [0, 0.05) is 0 Å². The highest BCUT2D eigenvalue weighted by Gasteiger charge is 2.20. The lowest BCUT2D eigenvalue weighted by atomic mass is 10.2. The summed E-state index contributed by atoms with van der Waals surface area (Å²) in [5.41, 5.74) is 0.